The highest BCUT2D eigenvalue weighted by Crippen LogP contribution is 2.38. The number of carbonyl (C=O) groups is 1. The fourth-order valence-electron chi connectivity index (χ4n) is 9.67. The largest absolute Gasteiger partial charge is 0.756 e. The van der Waals surface area contributed by atoms with Crippen molar-refractivity contribution in [2.75, 3.05) is 40.9 Å². The van der Waals surface area contributed by atoms with E-state index < -0.39 is 26.6 Å². The van der Waals surface area contributed by atoms with Crippen molar-refractivity contribution in [2.24, 2.45) is 0 Å². The molecule has 0 aromatic heterocycles. The molecule has 0 spiro atoms. The van der Waals surface area contributed by atoms with Gasteiger partial charge in [-0.3, -0.25) is 9.36 Å². The maximum absolute atomic E-state index is 13.0. The molecule has 0 aromatic carbocycles. The molecule has 0 aliphatic heterocycles. The molecule has 0 aliphatic rings. The fraction of sp³-hybridized carbons (Fsp3) is 0.786. The van der Waals surface area contributed by atoms with E-state index in [9.17, 15) is 19.4 Å². The van der Waals surface area contributed by atoms with Gasteiger partial charge in [-0.25, -0.2) is 0 Å². The Labute approximate surface area is 490 Å². The van der Waals surface area contributed by atoms with Gasteiger partial charge in [0.15, 0.2) is 0 Å². The summed E-state index contributed by atoms with van der Waals surface area (Å²) in [7, 11) is 1.25. The molecule has 79 heavy (non-hydrogen) atoms. The normalized spacial score (nSPS) is 14.3. The van der Waals surface area contributed by atoms with Crippen molar-refractivity contribution in [2.45, 2.75) is 315 Å². The fourth-order valence-corrected chi connectivity index (χ4v) is 10.4. The van der Waals surface area contributed by atoms with Gasteiger partial charge in [0.05, 0.1) is 39.9 Å². The standard InChI is InChI=1S/C70H129N2O6P/c1-6-8-10-12-14-16-18-20-22-24-26-28-30-32-34-35-36-37-38-40-42-44-46-48-50-52-54-56-58-60-62-64-70(74)71-68(67-78-79(75,76)77-66-65-72(3,4)5)69(73)63-61-59-57-55-53-51-49-47-45-43-41-39-33-31-29-27-25-23-21-19-17-15-13-11-9-7-2/h8,10,14,16,20,22,26,28,32,34,53,55,61,63,68-69,73H,6-7,9,11-13,15,17-19,21,23-25,27,29-31,33,35-52,54,56-60,62,64-67H2,1-5H3,(H-,71,74,75,76)/b10-8-,16-14-,22-20-,28-26-,34-32-,55-53+,63-61+. The van der Waals surface area contributed by atoms with Crippen LogP contribution < -0.4 is 10.2 Å². The van der Waals surface area contributed by atoms with Crippen molar-refractivity contribution >= 4 is 13.7 Å². The maximum atomic E-state index is 13.0. The third-order valence-electron chi connectivity index (χ3n) is 14.8. The summed E-state index contributed by atoms with van der Waals surface area (Å²) in [5, 5.41) is 13.9. The van der Waals surface area contributed by atoms with Gasteiger partial charge in [0.25, 0.3) is 7.82 Å². The SMILES string of the molecule is CC/C=C\C/C=C\C/C=C\C/C=C\C/C=C\CCCCCCCCCCCCCCCCCC(=O)NC(COP(=O)([O-])OCC[N+](C)(C)C)C(O)/C=C/CC/C=C/CCCCCCCCCCCCCCCCCCCCCC. The lowest BCUT2D eigenvalue weighted by molar-refractivity contribution is -0.870. The molecule has 0 saturated heterocycles. The topological polar surface area (TPSA) is 108 Å². The number of nitrogens with zero attached hydrogens (tertiary/aromatic N) is 1. The van der Waals surface area contributed by atoms with Gasteiger partial charge >= 0.3 is 0 Å². The summed E-state index contributed by atoms with van der Waals surface area (Å²) in [6, 6.07) is -0.909. The minimum Gasteiger partial charge on any atom is -0.756 e. The number of phosphoric ester groups is 1. The summed E-state index contributed by atoms with van der Waals surface area (Å²) >= 11 is 0. The molecule has 1 amide bonds. The first kappa shape index (κ1) is 76.7. The summed E-state index contributed by atoms with van der Waals surface area (Å²) in [4.78, 5) is 25.6. The van der Waals surface area contributed by atoms with E-state index in [2.05, 4.69) is 92.1 Å². The highest BCUT2D eigenvalue weighted by Gasteiger charge is 2.23. The predicted octanol–water partition coefficient (Wildman–Crippen LogP) is 20.5. The number of hydrogen-bond acceptors (Lipinski definition) is 6. The number of aliphatic hydroxyl groups excluding tert-OH is 1. The summed E-state index contributed by atoms with van der Waals surface area (Å²) in [6.07, 6.45) is 85.5. The Hall–Kier alpha value is -2.32. The van der Waals surface area contributed by atoms with Crippen LogP contribution in [0.5, 0.6) is 0 Å². The molecule has 460 valence electrons. The molecule has 2 N–H and O–H groups in total. The molecule has 3 unspecified atom stereocenters. The lowest BCUT2D eigenvalue weighted by Crippen LogP contribution is -2.45. The van der Waals surface area contributed by atoms with Crippen LogP contribution in [0, 0.1) is 0 Å². The van der Waals surface area contributed by atoms with Crippen molar-refractivity contribution in [1.29, 1.82) is 0 Å². The minimum atomic E-state index is -4.61. The molecular formula is C70H129N2O6P. The highest BCUT2D eigenvalue weighted by atomic mass is 31.2. The van der Waals surface area contributed by atoms with E-state index in [1.54, 1.807) is 6.08 Å². The average Bonchev–Trinajstić information content (AvgIpc) is 3.42. The zero-order valence-electron chi connectivity index (χ0n) is 52.6. The van der Waals surface area contributed by atoms with Gasteiger partial charge in [0, 0.05) is 6.42 Å². The van der Waals surface area contributed by atoms with Gasteiger partial charge in [0.1, 0.15) is 13.2 Å². The van der Waals surface area contributed by atoms with Crippen LogP contribution in [0.25, 0.3) is 0 Å². The quantitative estimate of drug-likeness (QED) is 0.0272. The average molecular weight is 1130 g/mol. The van der Waals surface area contributed by atoms with Crippen LogP contribution in [-0.4, -0.2) is 68.5 Å². The minimum absolute atomic E-state index is 0.00840. The first-order chi connectivity index (χ1) is 38.5. The molecule has 3 atom stereocenters. The van der Waals surface area contributed by atoms with Crippen LogP contribution >= 0.6 is 7.82 Å². The second-order valence-electron chi connectivity index (χ2n) is 23.8. The molecule has 0 bridgehead atoms. The highest BCUT2D eigenvalue weighted by molar-refractivity contribution is 7.45. The van der Waals surface area contributed by atoms with Crippen molar-refractivity contribution < 1.29 is 32.9 Å². The number of nitrogens with one attached hydrogen (secondary N) is 1. The Morgan fingerprint density at radius 3 is 1.18 bits per heavy atom. The maximum Gasteiger partial charge on any atom is 0.268 e. The van der Waals surface area contributed by atoms with Crippen LogP contribution in [0.4, 0.5) is 0 Å². The van der Waals surface area contributed by atoms with E-state index in [4.69, 9.17) is 9.05 Å². The number of unbranched alkanes of at least 4 members (excludes halogenated alkanes) is 36. The van der Waals surface area contributed by atoms with Gasteiger partial charge in [-0.2, -0.15) is 0 Å². The van der Waals surface area contributed by atoms with Crippen LogP contribution in [0.3, 0.4) is 0 Å². The van der Waals surface area contributed by atoms with Crippen molar-refractivity contribution in [3.05, 3.63) is 85.1 Å². The Morgan fingerprint density at radius 1 is 0.456 bits per heavy atom. The number of rotatable bonds is 61. The molecule has 0 radical (unpaired) electrons. The number of allylic oxidation sites excluding steroid dienone is 13. The lowest BCUT2D eigenvalue weighted by atomic mass is 10.0. The van der Waals surface area contributed by atoms with Crippen LogP contribution in [0.15, 0.2) is 85.1 Å². The first-order valence-electron chi connectivity index (χ1n) is 33.4. The van der Waals surface area contributed by atoms with E-state index >= 15 is 0 Å². The predicted molar refractivity (Wildman–Crippen MR) is 343 cm³/mol. The lowest BCUT2D eigenvalue weighted by Gasteiger charge is -2.29. The summed E-state index contributed by atoms with van der Waals surface area (Å²) in [5.74, 6) is -0.206. The Bertz CT molecular complexity index is 1560. The molecule has 9 heteroatoms. The van der Waals surface area contributed by atoms with Crippen molar-refractivity contribution in [1.82, 2.24) is 5.32 Å². The Balaban J connectivity index is 4.14. The Morgan fingerprint density at radius 2 is 0.785 bits per heavy atom. The number of likely N-dealkylation sites (N-methyl/N-ethyl adjacent to an activating group) is 1. The van der Waals surface area contributed by atoms with E-state index in [0.717, 1.165) is 70.6 Å². The van der Waals surface area contributed by atoms with Crippen LogP contribution in [0.2, 0.25) is 0 Å². The number of quaternary nitrogens is 1. The molecule has 0 saturated carbocycles. The molecule has 0 heterocycles. The molecular weight excluding hydrogens is 996 g/mol. The van der Waals surface area contributed by atoms with E-state index in [0.29, 0.717) is 17.4 Å². The van der Waals surface area contributed by atoms with E-state index in [1.165, 1.54) is 212 Å². The molecule has 0 fully saturated rings. The monoisotopic (exact) mass is 1120 g/mol. The van der Waals surface area contributed by atoms with E-state index in [-0.39, 0.29) is 12.5 Å². The number of hydrogen-bond donors (Lipinski definition) is 2. The van der Waals surface area contributed by atoms with Crippen LogP contribution in [-0.2, 0) is 18.4 Å². The molecule has 8 nitrogen and oxygen atoms in total. The number of phosphoric acid groups is 1. The number of amides is 1. The van der Waals surface area contributed by atoms with Gasteiger partial charge in [-0.05, 0) is 77.0 Å². The zero-order valence-corrected chi connectivity index (χ0v) is 53.5. The molecule has 0 aromatic rings. The van der Waals surface area contributed by atoms with Crippen LogP contribution in [0.1, 0.15) is 303 Å². The van der Waals surface area contributed by atoms with Crippen molar-refractivity contribution in [3.8, 4) is 0 Å². The van der Waals surface area contributed by atoms with Gasteiger partial charge in [-0.1, -0.05) is 304 Å². The smallest absolute Gasteiger partial charge is 0.268 e. The first-order valence-corrected chi connectivity index (χ1v) is 34.9. The van der Waals surface area contributed by atoms with Gasteiger partial charge in [-0.15, -0.1) is 0 Å². The second-order valence-corrected chi connectivity index (χ2v) is 25.2. The molecule has 0 aliphatic carbocycles. The summed E-state index contributed by atoms with van der Waals surface area (Å²) in [5.41, 5.74) is 0. The van der Waals surface area contributed by atoms with Gasteiger partial charge in [0.2, 0.25) is 5.91 Å². The third kappa shape index (κ3) is 63.1. The summed E-state index contributed by atoms with van der Waals surface area (Å²) in [6.45, 7) is 4.55. The second kappa shape index (κ2) is 60.3. The number of carbonyl (C=O) groups excluding carboxylic acids is 1. The zero-order chi connectivity index (χ0) is 57.7. The third-order valence-corrected chi connectivity index (χ3v) is 15.8. The van der Waals surface area contributed by atoms with E-state index in [1.807, 2.05) is 27.2 Å². The molecule has 0 rings (SSSR count). The number of aliphatic hydroxyl groups is 1. The van der Waals surface area contributed by atoms with Crippen molar-refractivity contribution in [3.63, 3.8) is 0 Å². The Kier molecular flexibility index (Phi) is 58.5. The summed E-state index contributed by atoms with van der Waals surface area (Å²) < 4.78 is 23.4. The van der Waals surface area contributed by atoms with Gasteiger partial charge < -0.3 is 28.8 Å².